The Hall–Kier alpha value is -1.33. The van der Waals surface area contributed by atoms with Crippen molar-refractivity contribution in [3.8, 4) is 0 Å². The molecule has 0 spiro atoms. The highest BCUT2D eigenvalue weighted by Gasteiger charge is 2.15. The zero-order valence-corrected chi connectivity index (χ0v) is 12.4. The van der Waals surface area contributed by atoms with Crippen LogP contribution in [0.1, 0.15) is 30.6 Å². The van der Waals surface area contributed by atoms with Gasteiger partial charge >= 0.3 is 0 Å². The molecule has 112 valence electrons. The van der Waals surface area contributed by atoms with Crippen molar-refractivity contribution in [1.29, 1.82) is 0 Å². The number of piperidine rings is 1. The van der Waals surface area contributed by atoms with Gasteiger partial charge in [-0.15, -0.1) is 0 Å². The molecule has 0 radical (unpaired) electrons. The Morgan fingerprint density at radius 2 is 2.25 bits per heavy atom. The van der Waals surface area contributed by atoms with Crippen molar-refractivity contribution in [2.75, 3.05) is 26.7 Å². The highest BCUT2D eigenvalue weighted by atomic mass is 16.5. The molecular formula is C15H24N2O3. The van der Waals surface area contributed by atoms with Crippen molar-refractivity contribution in [2.24, 2.45) is 0 Å². The van der Waals surface area contributed by atoms with E-state index in [4.69, 9.17) is 9.15 Å². The number of carbonyl (C=O) groups excluding carboxylic acids is 1. The van der Waals surface area contributed by atoms with Crippen LogP contribution in [0.4, 0.5) is 0 Å². The summed E-state index contributed by atoms with van der Waals surface area (Å²) in [6.07, 6.45) is 4.49. The Morgan fingerprint density at radius 1 is 1.50 bits per heavy atom. The number of nitrogens with one attached hydrogen (secondary N) is 1. The summed E-state index contributed by atoms with van der Waals surface area (Å²) in [7, 11) is 1.82. The lowest BCUT2D eigenvalue weighted by Gasteiger charge is -2.23. The van der Waals surface area contributed by atoms with Crippen LogP contribution in [-0.4, -0.2) is 43.7 Å². The zero-order valence-electron chi connectivity index (χ0n) is 12.4. The molecule has 20 heavy (non-hydrogen) atoms. The molecule has 5 nitrogen and oxygen atoms in total. The molecule has 0 aromatic carbocycles. The van der Waals surface area contributed by atoms with Gasteiger partial charge in [0.25, 0.3) is 0 Å². The second-order valence-electron chi connectivity index (χ2n) is 5.32. The molecule has 1 N–H and O–H groups in total. The monoisotopic (exact) mass is 280 g/mol. The Labute approximate surface area is 120 Å². The highest BCUT2D eigenvalue weighted by Crippen LogP contribution is 2.12. The predicted molar refractivity (Wildman–Crippen MR) is 76.4 cm³/mol. The summed E-state index contributed by atoms with van der Waals surface area (Å²) < 4.78 is 11.0. The molecule has 0 atom stereocenters. The van der Waals surface area contributed by atoms with Crippen LogP contribution in [0.25, 0.3) is 0 Å². The summed E-state index contributed by atoms with van der Waals surface area (Å²) in [6, 6.07) is 1.91. The molecule has 0 saturated carbocycles. The number of ether oxygens (including phenoxy) is 1. The zero-order chi connectivity index (χ0) is 14.4. The Bertz CT molecular complexity index is 425. The maximum Gasteiger partial charge on any atom is 0.224 e. The normalized spacial score (nSPS) is 16.3. The fraction of sp³-hybridized carbons (Fsp3) is 0.667. The van der Waals surface area contributed by atoms with E-state index in [1.807, 2.05) is 20.0 Å². The molecule has 2 heterocycles. The van der Waals surface area contributed by atoms with Crippen molar-refractivity contribution in [3.63, 3.8) is 0 Å². The van der Waals surface area contributed by atoms with Gasteiger partial charge in [-0.2, -0.15) is 0 Å². The van der Waals surface area contributed by atoms with Crippen LogP contribution in [0.15, 0.2) is 16.7 Å². The van der Waals surface area contributed by atoms with Gasteiger partial charge in [-0.3, -0.25) is 4.79 Å². The van der Waals surface area contributed by atoms with E-state index in [2.05, 4.69) is 5.32 Å². The van der Waals surface area contributed by atoms with Crippen LogP contribution in [0.5, 0.6) is 0 Å². The summed E-state index contributed by atoms with van der Waals surface area (Å²) in [5.41, 5.74) is 1.06. The van der Waals surface area contributed by atoms with Gasteiger partial charge in [0.15, 0.2) is 0 Å². The van der Waals surface area contributed by atoms with Gasteiger partial charge in [0.1, 0.15) is 5.76 Å². The summed E-state index contributed by atoms with van der Waals surface area (Å²) in [6.45, 7) is 5.04. The molecule has 1 aliphatic heterocycles. The first kappa shape index (κ1) is 15.1. The van der Waals surface area contributed by atoms with Gasteiger partial charge in [0, 0.05) is 19.2 Å². The van der Waals surface area contributed by atoms with E-state index >= 15 is 0 Å². The Kier molecular flexibility index (Phi) is 5.61. The number of nitrogens with zero attached hydrogens (tertiary/aromatic N) is 1. The van der Waals surface area contributed by atoms with Crippen molar-refractivity contribution in [1.82, 2.24) is 10.2 Å². The van der Waals surface area contributed by atoms with Crippen LogP contribution in [0.3, 0.4) is 0 Å². The van der Waals surface area contributed by atoms with Gasteiger partial charge in [-0.25, -0.2) is 0 Å². The van der Waals surface area contributed by atoms with E-state index in [0.717, 1.165) is 37.3 Å². The summed E-state index contributed by atoms with van der Waals surface area (Å²) >= 11 is 0. The fourth-order valence-corrected chi connectivity index (χ4v) is 2.38. The molecule has 1 aromatic heterocycles. The number of aryl methyl sites for hydroxylation is 1. The second-order valence-corrected chi connectivity index (χ2v) is 5.32. The largest absolute Gasteiger partial charge is 0.469 e. The van der Waals surface area contributed by atoms with Gasteiger partial charge in [0.2, 0.25) is 5.91 Å². The minimum Gasteiger partial charge on any atom is -0.469 e. The predicted octanol–water partition coefficient (Wildman–Crippen LogP) is 1.71. The fourth-order valence-electron chi connectivity index (χ4n) is 2.38. The van der Waals surface area contributed by atoms with Crippen LogP contribution in [-0.2, 0) is 16.1 Å². The molecule has 2 rings (SSSR count). The molecule has 1 fully saturated rings. The number of amides is 1. The maximum atomic E-state index is 12.0. The van der Waals surface area contributed by atoms with E-state index in [9.17, 15) is 4.79 Å². The molecule has 1 aromatic rings. The number of hydrogen-bond donors (Lipinski definition) is 1. The molecule has 0 aliphatic carbocycles. The smallest absolute Gasteiger partial charge is 0.224 e. The standard InChI is InChI=1S/C15H24N2O3/c1-12-13(5-9-19-12)11-17(2)15(18)6-10-20-14-3-7-16-8-4-14/h5,9,14,16H,3-4,6-8,10-11H2,1-2H3. The minimum atomic E-state index is 0.111. The molecule has 1 saturated heterocycles. The number of furan rings is 1. The highest BCUT2D eigenvalue weighted by molar-refractivity contribution is 5.75. The Balaban J connectivity index is 1.67. The van der Waals surface area contributed by atoms with Crippen molar-refractivity contribution in [2.45, 2.75) is 38.8 Å². The summed E-state index contributed by atoms with van der Waals surface area (Å²) in [5, 5.41) is 3.30. The number of carbonyl (C=O) groups is 1. The lowest BCUT2D eigenvalue weighted by molar-refractivity contribution is -0.132. The molecule has 0 bridgehead atoms. The lowest BCUT2D eigenvalue weighted by Crippen LogP contribution is -2.33. The topological polar surface area (TPSA) is 54.7 Å². The second kappa shape index (κ2) is 7.45. The van der Waals surface area contributed by atoms with Crippen molar-refractivity contribution in [3.05, 3.63) is 23.7 Å². The molecule has 1 aliphatic rings. The number of rotatable bonds is 6. The first-order valence-corrected chi connectivity index (χ1v) is 7.26. The summed E-state index contributed by atoms with van der Waals surface area (Å²) in [5.74, 6) is 0.982. The maximum absolute atomic E-state index is 12.0. The van der Waals surface area contributed by atoms with Crippen LogP contribution in [0, 0.1) is 6.92 Å². The molecule has 5 heteroatoms. The molecule has 1 amide bonds. The minimum absolute atomic E-state index is 0.111. The van der Waals surface area contributed by atoms with E-state index in [1.165, 1.54) is 0 Å². The van der Waals surface area contributed by atoms with E-state index in [0.29, 0.717) is 25.7 Å². The third-order valence-electron chi connectivity index (χ3n) is 3.76. The van der Waals surface area contributed by atoms with Crippen molar-refractivity contribution >= 4 is 5.91 Å². The molecule has 0 unspecified atom stereocenters. The molecular weight excluding hydrogens is 256 g/mol. The van der Waals surface area contributed by atoms with E-state index < -0.39 is 0 Å². The van der Waals surface area contributed by atoms with Crippen LogP contribution < -0.4 is 5.32 Å². The average molecular weight is 280 g/mol. The van der Waals surface area contributed by atoms with E-state index in [1.54, 1.807) is 11.2 Å². The third-order valence-corrected chi connectivity index (χ3v) is 3.76. The first-order valence-electron chi connectivity index (χ1n) is 7.26. The van der Waals surface area contributed by atoms with Gasteiger partial charge < -0.3 is 19.4 Å². The van der Waals surface area contributed by atoms with Gasteiger partial charge in [0.05, 0.1) is 25.4 Å². The third kappa shape index (κ3) is 4.35. The van der Waals surface area contributed by atoms with Crippen LogP contribution in [0.2, 0.25) is 0 Å². The van der Waals surface area contributed by atoms with Gasteiger partial charge in [-0.1, -0.05) is 0 Å². The quantitative estimate of drug-likeness (QED) is 0.862. The number of hydrogen-bond acceptors (Lipinski definition) is 4. The Morgan fingerprint density at radius 3 is 2.90 bits per heavy atom. The SMILES string of the molecule is Cc1occc1CN(C)C(=O)CCOC1CCNCC1. The van der Waals surface area contributed by atoms with Crippen molar-refractivity contribution < 1.29 is 13.9 Å². The van der Waals surface area contributed by atoms with Gasteiger partial charge in [-0.05, 0) is 38.9 Å². The van der Waals surface area contributed by atoms with Crippen LogP contribution >= 0.6 is 0 Å². The van der Waals surface area contributed by atoms with E-state index in [-0.39, 0.29) is 5.91 Å². The summed E-state index contributed by atoms with van der Waals surface area (Å²) in [4.78, 5) is 13.8. The first-order chi connectivity index (χ1) is 9.66. The average Bonchev–Trinajstić information content (AvgIpc) is 2.85. The lowest BCUT2D eigenvalue weighted by atomic mass is 10.1.